The fraction of sp³-hybridized carbons (Fsp3) is 0.360. The summed E-state index contributed by atoms with van der Waals surface area (Å²) in [5.41, 5.74) is 0.966. The molecule has 0 aliphatic carbocycles. The van der Waals surface area contributed by atoms with E-state index in [4.69, 9.17) is 0 Å². The Hall–Kier alpha value is -4.35. The second-order valence-corrected chi connectivity index (χ2v) is 8.47. The van der Waals surface area contributed by atoms with E-state index in [0.717, 1.165) is 5.69 Å². The number of piperazine rings is 1. The zero-order valence-electron chi connectivity index (χ0n) is 20.3. The van der Waals surface area contributed by atoms with Gasteiger partial charge in [-0.2, -0.15) is 0 Å². The van der Waals surface area contributed by atoms with Crippen molar-refractivity contribution in [1.29, 1.82) is 0 Å². The first-order valence-electron chi connectivity index (χ1n) is 11.9. The lowest BCUT2D eigenvalue weighted by atomic mass is 10.1. The maximum Gasteiger partial charge on any atom is 0.363 e. The highest BCUT2D eigenvalue weighted by atomic mass is 19.1. The van der Waals surface area contributed by atoms with Crippen LogP contribution in [0.2, 0.25) is 0 Å². The first kappa shape index (κ1) is 27.2. The van der Waals surface area contributed by atoms with Gasteiger partial charge in [-0.15, -0.1) is 0 Å². The Bertz CT molecular complexity index is 1120. The SMILES string of the molecule is C=CC(=O)NCCCC[C@H](NC(=O)c1ccc(F)cc1)C(=O)N1CCN(c2ccc([N+](=O)[O-])nc2)CC1. The van der Waals surface area contributed by atoms with Crippen molar-refractivity contribution >= 4 is 29.2 Å². The molecule has 0 unspecified atom stereocenters. The number of halogens is 1. The molecule has 3 amide bonds. The number of nitrogens with zero attached hydrogens (tertiary/aromatic N) is 4. The topological polar surface area (TPSA) is 138 Å². The second-order valence-electron chi connectivity index (χ2n) is 8.47. The summed E-state index contributed by atoms with van der Waals surface area (Å²) in [5.74, 6) is -1.69. The maximum atomic E-state index is 13.4. The smallest absolute Gasteiger partial charge is 0.363 e. The van der Waals surface area contributed by atoms with Crippen LogP contribution in [0.4, 0.5) is 15.9 Å². The number of hydrogen-bond donors (Lipinski definition) is 2. The van der Waals surface area contributed by atoms with Crippen molar-refractivity contribution in [3.05, 3.63) is 76.7 Å². The van der Waals surface area contributed by atoms with Crippen molar-refractivity contribution in [3.63, 3.8) is 0 Å². The predicted molar refractivity (Wildman–Crippen MR) is 134 cm³/mol. The normalized spacial score (nSPS) is 14.0. The van der Waals surface area contributed by atoms with Gasteiger partial charge < -0.3 is 30.5 Å². The van der Waals surface area contributed by atoms with Crippen LogP contribution in [0.25, 0.3) is 0 Å². The second kappa shape index (κ2) is 13.1. The van der Waals surface area contributed by atoms with Gasteiger partial charge in [-0.05, 0) is 65.6 Å². The number of anilines is 1. The average molecular weight is 513 g/mol. The number of carbonyl (C=O) groups excluding carboxylic acids is 3. The van der Waals surface area contributed by atoms with Gasteiger partial charge in [0, 0.05) is 44.4 Å². The summed E-state index contributed by atoms with van der Waals surface area (Å²) >= 11 is 0. The molecule has 1 aliphatic heterocycles. The molecular weight excluding hydrogens is 483 g/mol. The zero-order chi connectivity index (χ0) is 26.8. The summed E-state index contributed by atoms with van der Waals surface area (Å²) in [6, 6.07) is 7.24. The average Bonchev–Trinajstić information content (AvgIpc) is 2.92. The van der Waals surface area contributed by atoms with Gasteiger partial charge in [0.1, 0.15) is 11.9 Å². The van der Waals surface area contributed by atoms with E-state index in [1.807, 2.05) is 4.90 Å². The number of pyridine rings is 1. The highest BCUT2D eigenvalue weighted by Gasteiger charge is 2.29. The minimum atomic E-state index is -0.791. The minimum absolute atomic E-state index is 0.230. The Balaban J connectivity index is 1.60. The molecule has 2 N–H and O–H groups in total. The largest absolute Gasteiger partial charge is 0.365 e. The van der Waals surface area contributed by atoms with Gasteiger partial charge in [-0.25, -0.2) is 4.39 Å². The first-order valence-corrected chi connectivity index (χ1v) is 11.9. The van der Waals surface area contributed by atoms with Crippen molar-refractivity contribution in [3.8, 4) is 0 Å². The molecule has 1 fully saturated rings. The Morgan fingerprint density at radius 3 is 2.41 bits per heavy atom. The Labute approximate surface area is 213 Å². The number of amides is 3. The molecule has 2 heterocycles. The van der Waals surface area contributed by atoms with Crippen molar-refractivity contribution < 1.29 is 23.7 Å². The Kier molecular flexibility index (Phi) is 9.64. The quantitative estimate of drug-likeness (QED) is 0.203. The zero-order valence-corrected chi connectivity index (χ0v) is 20.3. The van der Waals surface area contributed by atoms with E-state index in [1.165, 1.54) is 42.6 Å². The number of unbranched alkanes of at least 4 members (excludes halogenated alkanes) is 1. The third-order valence-corrected chi connectivity index (χ3v) is 5.99. The highest BCUT2D eigenvalue weighted by Crippen LogP contribution is 2.19. The molecule has 12 heteroatoms. The standard InChI is InChI=1S/C25H29FN6O5/c1-2-23(33)27-12-4-3-5-21(29-24(34)18-6-8-19(26)9-7-18)25(35)31-15-13-30(14-16-31)20-10-11-22(28-17-20)32(36)37/h2,6-11,17,21H,1,3-5,12-16H2,(H,27,33)(H,29,34)/t21-/m0/s1. The van der Waals surface area contributed by atoms with Crippen LogP contribution in [-0.2, 0) is 9.59 Å². The lowest BCUT2D eigenvalue weighted by Gasteiger charge is -2.37. The van der Waals surface area contributed by atoms with Crippen LogP contribution in [0.5, 0.6) is 0 Å². The predicted octanol–water partition coefficient (Wildman–Crippen LogP) is 2.05. The molecule has 0 saturated carbocycles. The van der Waals surface area contributed by atoms with Crippen LogP contribution in [-0.4, -0.2) is 71.3 Å². The van der Waals surface area contributed by atoms with Crippen molar-refractivity contribution in [2.45, 2.75) is 25.3 Å². The van der Waals surface area contributed by atoms with E-state index < -0.39 is 22.7 Å². The molecule has 196 valence electrons. The highest BCUT2D eigenvalue weighted by molar-refractivity contribution is 5.97. The van der Waals surface area contributed by atoms with E-state index in [2.05, 4.69) is 22.2 Å². The van der Waals surface area contributed by atoms with Crippen LogP contribution in [0.15, 0.2) is 55.3 Å². The molecule has 1 aromatic carbocycles. The number of nitro groups is 1. The molecule has 0 bridgehead atoms. The van der Waals surface area contributed by atoms with Gasteiger partial charge in [0.25, 0.3) is 5.91 Å². The summed E-state index contributed by atoms with van der Waals surface area (Å²) in [6.45, 7) is 5.60. The van der Waals surface area contributed by atoms with Crippen LogP contribution in [0, 0.1) is 15.9 Å². The van der Waals surface area contributed by atoms with E-state index in [1.54, 1.807) is 11.0 Å². The van der Waals surface area contributed by atoms with E-state index >= 15 is 0 Å². The number of rotatable bonds is 11. The van der Waals surface area contributed by atoms with Crippen molar-refractivity contribution in [2.24, 2.45) is 0 Å². The van der Waals surface area contributed by atoms with Crippen LogP contribution in [0.3, 0.4) is 0 Å². The number of benzene rings is 1. The maximum absolute atomic E-state index is 13.4. The van der Waals surface area contributed by atoms with E-state index in [9.17, 15) is 28.9 Å². The third kappa shape index (κ3) is 7.82. The van der Waals surface area contributed by atoms with E-state index in [0.29, 0.717) is 52.0 Å². The molecule has 2 aromatic rings. The Morgan fingerprint density at radius 1 is 1.11 bits per heavy atom. The molecule has 1 saturated heterocycles. The molecule has 37 heavy (non-hydrogen) atoms. The summed E-state index contributed by atoms with van der Waals surface area (Å²) in [5, 5.41) is 16.3. The Morgan fingerprint density at radius 2 is 1.81 bits per heavy atom. The third-order valence-electron chi connectivity index (χ3n) is 5.99. The molecule has 0 radical (unpaired) electrons. The van der Waals surface area contributed by atoms with Gasteiger partial charge in [0.2, 0.25) is 11.8 Å². The fourth-order valence-corrected chi connectivity index (χ4v) is 3.94. The monoisotopic (exact) mass is 512 g/mol. The lowest BCUT2D eigenvalue weighted by molar-refractivity contribution is -0.389. The number of hydrogen-bond acceptors (Lipinski definition) is 7. The van der Waals surface area contributed by atoms with Crippen molar-refractivity contribution in [1.82, 2.24) is 20.5 Å². The van der Waals surface area contributed by atoms with Crippen LogP contribution < -0.4 is 15.5 Å². The summed E-state index contributed by atoms with van der Waals surface area (Å²) in [4.78, 5) is 55.2. The van der Waals surface area contributed by atoms with Crippen LogP contribution >= 0.6 is 0 Å². The minimum Gasteiger partial charge on any atom is -0.365 e. The number of nitrogens with one attached hydrogen (secondary N) is 2. The molecule has 0 spiro atoms. The molecule has 1 aliphatic rings. The molecule has 3 rings (SSSR count). The van der Waals surface area contributed by atoms with Gasteiger partial charge in [0.05, 0.1) is 5.69 Å². The van der Waals surface area contributed by atoms with Gasteiger partial charge in [-0.3, -0.25) is 14.4 Å². The van der Waals surface area contributed by atoms with Crippen molar-refractivity contribution in [2.75, 3.05) is 37.6 Å². The summed E-state index contributed by atoms with van der Waals surface area (Å²) in [7, 11) is 0. The fourth-order valence-electron chi connectivity index (χ4n) is 3.94. The van der Waals surface area contributed by atoms with Gasteiger partial charge in [-0.1, -0.05) is 6.58 Å². The molecular formula is C25H29FN6O5. The van der Waals surface area contributed by atoms with Crippen LogP contribution in [0.1, 0.15) is 29.6 Å². The first-order chi connectivity index (χ1) is 17.8. The summed E-state index contributed by atoms with van der Waals surface area (Å²) < 4.78 is 13.2. The molecule has 1 aromatic heterocycles. The van der Waals surface area contributed by atoms with Gasteiger partial charge >= 0.3 is 5.82 Å². The molecule has 11 nitrogen and oxygen atoms in total. The summed E-state index contributed by atoms with van der Waals surface area (Å²) in [6.07, 6.45) is 4.17. The lowest BCUT2D eigenvalue weighted by Crippen LogP contribution is -2.55. The number of carbonyl (C=O) groups is 3. The van der Waals surface area contributed by atoms with E-state index in [-0.39, 0.29) is 23.2 Å². The molecule has 1 atom stereocenters. The van der Waals surface area contributed by atoms with Gasteiger partial charge in [0.15, 0.2) is 6.20 Å². The number of aromatic nitrogens is 1.